The van der Waals surface area contributed by atoms with E-state index in [-0.39, 0.29) is 23.5 Å². The molecule has 0 aliphatic carbocycles. The predicted octanol–water partition coefficient (Wildman–Crippen LogP) is 5.99. The van der Waals surface area contributed by atoms with Crippen LogP contribution in [0.3, 0.4) is 0 Å². The van der Waals surface area contributed by atoms with E-state index in [9.17, 15) is 31.1 Å². The fraction of sp³-hybridized carbons (Fsp3) is 0.467. The van der Waals surface area contributed by atoms with E-state index in [1.54, 1.807) is 18.2 Å². The van der Waals surface area contributed by atoms with Crippen molar-refractivity contribution in [3.63, 3.8) is 0 Å². The summed E-state index contributed by atoms with van der Waals surface area (Å²) in [5, 5.41) is 0.660. The number of hydrogen-bond donors (Lipinski definition) is 0. The van der Waals surface area contributed by atoms with Crippen molar-refractivity contribution in [2.45, 2.75) is 37.8 Å². The molecule has 0 N–H and O–H groups in total. The fourth-order valence-electron chi connectivity index (χ4n) is 5.51. The van der Waals surface area contributed by atoms with Crippen LogP contribution in [0.5, 0.6) is 11.5 Å². The lowest BCUT2D eigenvalue weighted by Gasteiger charge is -2.42. The Labute approximate surface area is 255 Å². The summed E-state index contributed by atoms with van der Waals surface area (Å²) in [5.41, 5.74) is -2.70. The van der Waals surface area contributed by atoms with Crippen LogP contribution in [-0.2, 0) is 23.8 Å². The molecule has 3 aliphatic heterocycles. The van der Waals surface area contributed by atoms with Gasteiger partial charge in [0.25, 0.3) is 5.91 Å². The lowest BCUT2D eigenvalue weighted by atomic mass is 10.0. The van der Waals surface area contributed by atoms with Crippen LogP contribution in [0.25, 0.3) is 6.08 Å². The van der Waals surface area contributed by atoms with Gasteiger partial charge in [0, 0.05) is 37.8 Å². The van der Waals surface area contributed by atoms with Crippen molar-refractivity contribution < 1.29 is 40.6 Å². The summed E-state index contributed by atoms with van der Waals surface area (Å²) < 4.78 is 90.4. The third-order valence-electron chi connectivity index (χ3n) is 8.01. The van der Waals surface area contributed by atoms with Gasteiger partial charge in [0.2, 0.25) is 0 Å². The van der Waals surface area contributed by atoms with Gasteiger partial charge in [-0.1, -0.05) is 12.1 Å². The number of likely N-dealkylation sites (tertiary alicyclic amines) is 1. The van der Waals surface area contributed by atoms with Crippen molar-refractivity contribution >= 4 is 28.9 Å². The summed E-state index contributed by atoms with van der Waals surface area (Å²) in [7, 11) is 3.49. The van der Waals surface area contributed by atoms with E-state index in [1.807, 2.05) is 0 Å². The zero-order valence-electron chi connectivity index (χ0n) is 24.2. The second kappa shape index (κ2) is 13.0. The maximum atomic E-state index is 13.5. The number of piperidine rings is 1. The number of methoxy groups -OCH3 is 1. The third kappa shape index (κ3) is 7.52. The largest absolute Gasteiger partial charge is 0.493 e. The molecule has 0 spiro atoms. The van der Waals surface area contributed by atoms with Crippen LogP contribution in [0.4, 0.5) is 26.3 Å². The fourth-order valence-corrected chi connectivity index (χ4v) is 6.48. The quantitative estimate of drug-likeness (QED) is 0.283. The van der Waals surface area contributed by atoms with E-state index in [0.29, 0.717) is 27.7 Å². The molecule has 0 atom stereocenters. The Hall–Kier alpha value is -3.23. The van der Waals surface area contributed by atoms with Crippen LogP contribution >= 0.6 is 11.8 Å². The minimum Gasteiger partial charge on any atom is -0.493 e. The number of amidine groups is 1. The normalized spacial score (nSPS) is 20.4. The Morgan fingerprint density at radius 3 is 2.27 bits per heavy atom. The van der Waals surface area contributed by atoms with E-state index in [4.69, 9.17) is 9.47 Å². The van der Waals surface area contributed by atoms with Crippen LogP contribution in [-0.4, -0.2) is 85.2 Å². The number of hydrogen-bond acceptors (Lipinski definition) is 7. The number of ether oxygens (including phenoxy) is 2. The van der Waals surface area contributed by atoms with Gasteiger partial charge in [0.1, 0.15) is 6.61 Å². The third-order valence-corrected chi connectivity index (χ3v) is 9.05. The Morgan fingerprint density at radius 2 is 1.64 bits per heavy atom. The van der Waals surface area contributed by atoms with Gasteiger partial charge in [0.05, 0.1) is 23.1 Å². The number of aliphatic imine (C=N–C) groups is 1. The summed E-state index contributed by atoms with van der Waals surface area (Å²) in [4.78, 5) is 24.4. The van der Waals surface area contributed by atoms with E-state index in [1.165, 1.54) is 24.9 Å². The Bertz CT molecular complexity index is 1430. The van der Waals surface area contributed by atoms with Crippen LogP contribution in [0, 0.1) is 0 Å². The number of carbonyl (C=O) groups is 1. The second-order valence-electron chi connectivity index (χ2n) is 10.9. The number of nitrogens with zero attached hydrogens (tertiary/aromatic N) is 4. The highest BCUT2D eigenvalue weighted by atomic mass is 32.2. The molecule has 0 saturated carbocycles. The average Bonchev–Trinajstić information content (AvgIpc) is 3.35. The molecule has 2 aromatic rings. The number of piperazine rings is 1. The Morgan fingerprint density at radius 1 is 0.932 bits per heavy atom. The van der Waals surface area contributed by atoms with Gasteiger partial charge in [-0.3, -0.25) is 9.69 Å². The van der Waals surface area contributed by atoms with Crippen molar-refractivity contribution in [3.8, 4) is 11.5 Å². The molecule has 0 unspecified atom stereocenters. The second-order valence-corrected chi connectivity index (χ2v) is 11.9. The zero-order valence-corrected chi connectivity index (χ0v) is 25.0. The number of thioether (sulfide) groups is 1. The first-order valence-electron chi connectivity index (χ1n) is 14.1. The first-order valence-corrected chi connectivity index (χ1v) is 14.9. The molecule has 238 valence electrons. The molecule has 2 saturated heterocycles. The monoisotopic (exact) mass is 642 g/mol. The zero-order chi connectivity index (χ0) is 31.6. The number of carbonyl (C=O) groups excluding carboxylic acids is 1. The number of rotatable bonds is 6. The topological polar surface area (TPSA) is 57.6 Å². The molecule has 7 nitrogen and oxygen atoms in total. The van der Waals surface area contributed by atoms with E-state index >= 15 is 0 Å². The summed E-state index contributed by atoms with van der Waals surface area (Å²) in [6.45, 7) is 4.97. The molecular weight excluding hydrogens is 610 g/mol. The molecule has 3 aliphatic rings. The Kier molecular flexibility index (Phi) is 9.52. The smallest absolute Gasteiger partial charge is 0.416 e. The standard InChI is InChI=1S/C30H32F6N4O3S/c1-38-9-7-22(8-10-38)39-11-13-40(14-12-39)28-37-27(41)26(44-28)16-19-3-6-24(25(15-19)42-2)43-18-20-4-5-21(29(31,32)33)17-23(20)30(34,35)36/h3-6,15-17,22H,7-14,18H2,1-2H3. The van der Waals surface area contributed by atoms with E-state index < -0.39 is 35.6 Å². The van der Waals surface area contributed by atoms with Gasteiger partial charge in [-0.15, -0.1) is 0 Å². The molecule has 0 radical (unpaired) electrons. The van der Waals surface area contributed by atoms with Crippen molar-refractivity contribution in [1.29, 1.82) is 0 Å². The maximum absolute atomic E-state index is 13.5. The number of alkyl halides is 6. The Balaban J connectivity index is 1.22. The van der Waals surface area contributed by atoms with Gasteiger partial charge < -0.3 is 19.3 Å². The van der Waals surface area contributed by atoms with Crippen LogP contribution in [0.2, 0.25) is 0 Å². The van der Waals surface area contributed by atoms with Crippen molar-refractivity contribution in [2.75, 3.05) is 53.4 Å². The average molecular weight is 643 g/mol. The van der Waals surface area contributed by atoms with E-state index in [0.717, 1.165) is 58.2 Å². The number of amides is 1. The molecule has 44 heavy (non-hydrogen) atoms. The molecular formula is C30H32F6N4O3S. The lowest BCUT2D eigenvalue weighted by Crippen LogP contribution is -2.53. The molecule has 0 aromatic heterocycles. The first kappa shape index (κ1) is 32.2. The van der Waals surface area contributed by atoms with Crippen molar-refractivity contribution in [2.24, 2.45) is 4.99 Å². The summed E-state index contributed by atoms with van der Waals surface area (Å²) >= 11 is 1.29. The SMILES string of the molecule is COc1cc(C=C2SC(N3CCN(C4CCN(C)CC4)CC3)=NC2=O)ccc1OCc1ccc(C(F)(F)F)cc1C(F)(F)F. The minimum absolute atomic E-state index is 0.0767. The van der Waals surface area contributed by atoms with Gasteiger partial charge in [-0.2, -0.15) is 31.3 Å². The van der Waals surface area contributed by atoms with Gasteiger partial charge >= 0.3 is 12.4 Å². The highest BCUT2D eigenvalue weighted by Gasteiger charge is 2.38. The molecule has 2 fully saturated rings. The molecule has 2 aromatic carbocycles. The van der Waals surface area contributed by atoms with Crippen LogP contribution < -0.4 is 9.47 Å². The van der Waals surface area contributed by atoms with Crippen molar-refractivity contribution in [1.82, 2.24) is 14.7 Å². The maximum Gasteiger partial charge on any atom is 0.416 e. The minimum atomic E-state index is -5.01. The predicted molar refractivity (Wildman–Crippen MR) is 155 cm³/mol. The molecule has 14 heteroatoms. The highest BCUT2D eigenvalue weighted by molar-refractivity contribution is 8.18. The molecule has 1 amide bonds. The van der Waals surface area contributed by atoms with Gasteiger partial charge in [-0.25, -0.2) is 0 Å². The molecule has 3 heterocycles. The lowest BCUT2D eigenvalue weighted by molar-refractivity contribution is -0.143. The molecule has 5 rings (SSSR count). The highest BCUT2D eigenvalue weighted by Crippen LogP contribution is 2.39. The number of benzene rings is 2. The van der Waals surface area contributed by atoms with Crippen LogP contribution in [0.1, 0.15) is 35.1 Å². The summed E-state index contributed by atoms with van der Waals surface area (Å²) in [6.07, 6.45) is -5.95. The summed E-state index contributed by atoms with van der Waals surface area (Å²) in [6, 6.07) is 6.64. The molecule has 0 bridgehead atoms. The summed E-state index contributed by atoms with van der Waals surface area (Å²) in [5.74, 6) is -0.0852. The van der Waals surface area contributed by atoms with Gasteiger partial charge in [0.15, 0.2) is 16.7 Å². The number of halogens is 6. The first-order chi connectivity index (χ1) is 20.8. The van der Waals surface area contributed by atoms with Crippen molar-refractivity contribution in [3.05, 3.63) is 63.6 Å². The van der Waals surface area contributed by atoms with Crippen LogP contribution in [0.15, 0.2) is 46.3 Å². The van der Waals surface area contributed by atoms with E-state index in [2.05, 4.69) is 26.7 Å². The van der Waals surface area contributed by atoms with Gasteiger partial charge in [-0.05, 0) is 80.6 Å².